The molecule has 0 aliphatic carbocycles. The first-order valence-electron chi connectivity index (χ1n) is 31.9. The van der Waals surface area contributed by atoms with Crippen LogP contribution in [0.4, 0.5) is 34.1 Å². The number of anilines is 6. The van der Waals surface area contributed by atoms with Crippen LogP contribution in [0.25, 0.3) is 55.6 Å². The van der Waals surface area contributed by atoms with Crippen LogP contribution in [0.3, 0.4) is 0 Å². The van der Waals surface area contributed by atoms with Crippen LogP contribution in [0.1, 0.15) is 116 Å². The van der Waals surface area contributed by atoms with E-state index in [2.05, 4.69) is 327 Å². The van der Waals surface area contributed by atoms with E-state index in [1.165, 1.54) is 169 Å². The third-order valence-electron chi connectivity index (χ3n) is 18.1. The van der Waals surface area contributed by atoms with Crippen molar-refractivity contribution in [3.8, 4) is 55.6 Å². The predicted octanol–water partition coefficient (Wildman–Crippen LogP) is 24.9. The maximum Gasteiger partial charge on any atom is 0.0464 e. The van der Waals surface area contributed by atoms with Gasteiger partial charge < -0.3 is 9.80 Å². The fourth-order valence-electron chi connectivity index (χ4n) is 13.4. The second-order valence-electron chi connectivity index (χ2n) is 25.2. The zero-order valence-electron chi connectivity index (χ0n) is 55.4. The van der Waals surface area contributed by atoms with E-state index >= 15 is 0 Å². The van der Waals surface area contributed by atoms with Gasteiger partial charge in [0.2, 0.25) is 0 Å². The quantitative estimate of drug-likeness (QED) is 0.101. The second-order valence-corrected chi connectivity index (χ2v) is 25.2. The van der Waals surface area contributed by atoms with Crippen molar-refractivity contribution in [2.24, 2.45) is 0 Å². The average Bonchev–Trinajstić information content (AvgIpc) is 1.62. The molecule has 2 nitrogen and oxygen atoms in total. The maximum absolute atomic E-state index is 2.41. The highest BCUT2D eigenvalue weighted by molar-refractivity contribution is 5.85. The van der Waals surface area contributed by atoms with Gasteiger partial charge in [-0.05, 0) is 316 Å². The molecule has 0 saturated carbocycles. The van der Waals surface area contributed by atoms with Gasteiger partial charge in [-0.1, -0.05) is 171 Å². The molecule has 11 aromatic carbocycles. The predicted molar refractivity (Wildman–Crippen MR) is 384 cm³/mol. The van der Waals surface area contributed by atoms with Gasteiger partial charge >= 0.3 is 0 Å². The molecule has 11 aromatic rings. The summed E-state index contributed by atoms with van der Waals surface area (Å²) in [5.41, 5.74) is 40.9. The second kappa shape index (κ2) is 27.0. The summed E-state index contributed by atoms with van der Waals surface area (Å²) in [6.07, 6.45) is 4.59. The van der Waals surface area contributed by atoms with Gasteiger partial charge in [0.05, 0.1) is 0 Å². The van der Waals surface area contributed by atoms with Crippen molar-refractivity contribution in [3.63, 3.8) is 0 Å². The van der Waals surface area contributed by atoms with E-state index in [1.54, 1.807) is 0 Å². The Labute approximate surface area is 528 Å². The molecule has 0 N–H and O–H groups in total. The summed E-state index contributed by atoms with van der Waals surface area (Å²) in [4.78, 5) is 4.79. The Morgan fingerprint density at radius 2 is 0.511 bits per heavy atom. The lowest BCUT2D eigenvalue weighted by atomic mass is 9.92. The molecule has 88 heavy (non-hydrogen) atoms. The number of rotatable bonds is 15. The van der Waals surface area contributed by atoms with Crippen LogP contribution in [0.5, 0.6) is 0 Å². The molecule has 0 radical (unpaired) electrons. The van der Waals surface area contributed by atoms with E-state index in [9.17, 15) is 0 Å². The number of hydrogen-bond donors (Lipinski definition) is 0. The number of nitrogens with zero attached hydrogens (tertiary/aromatic N) is 2. The van der Waals surface area contributed by atoms with Crippen molar-refractivity contribution in [2.45, 2.75) is 136 Å². The Bertz CT molecular complexity index is 4240. The smallest absolute Gasteiger partial charge is 0.0464 e. The highest BCUT2D eigenvalue weighted by atomic mass is 15.1. The van der Waals surface area contributed by atoms with Gasteiger partial charge in [0.25, 0.3) is 0 Å². The standard InChI is InChI=1S/C47H49N.C39H41N/c1-10-11-38-12-14-39(15-13-38)44-22-20-42(27-34(44)6)48(41-18-16-40(17-19-41)47-36(8)24-30(2)25-37(47)9)43-21-23-45(35(7)28-43)46-29-32(4)31(3)26-33(46)5;1-8-9-32-11-13-33(14-12-32)38-21-20-37(25-29(38)5)40(36-17-10-27(3)28(4)24-36)35-18-15-34(16-19-35)39-30(6)22-26(2)23-31(39)7/h12-29H,10-11H2,1-9H3;10-25H,8-9H2,1-7H3. The zero-order chi connectivity index (χ0) is 62.5. The Balaban J connectivity index is 0.000000198. The third kappa shape index (κ3) is 13.6. The zero-order valence-corrected chi connectivity index (χ0v) is 55.4. The highest BCUT2D eigenvalue weighted by Gasteiger charge is 2.20. The molecule has 0 unspecified atom stereocenters. The summed E-state index contributed by atoms with van der Waals surface area (Å²) in [5.74, 6) is 0. The molecule has 0 spiro atoms. The molecular weight excluding hydrogens is 1060 g/mol. The minimum atomic E-state index is 1.12. The van der Waals surface area contributed by atoms with Crippen molar-refractivity contribution in [1.82, 2.24) is 0 Å². The van der Waals surface area contributed by atoms with Gasteiger partial charge in [0.1, 0.15) is 0 Å². The van der Waals surface area contributed by atoms with E-state index in [1.807, 2.05) is 0 Å². The third-order valence-corrected chi connectivity index (χ3v) is 18.1. The van der Waals surface area contributed by atoms with Crippen LogP contribution >= 0.6 is 0 Å². The van der Waals surface area contributed by atoms with E-state index in [4.69, 9.17) is 0 Å². The molecule has 0 aromatic heterocycles. The van der Waals surface area contributed by atoms with Crippen LogP contribution in [-0.2, 0) is 12.8 Å². The normalized spacial score (nSPS) is 11.1. The van der Waals surface area contributed by atoms with Crippen molar-refractivity contribution >= 4 is 34.1 Å². The molecule has 0 fully saturated rings. The largest absolute Gasteiger partial charge is 0.310 e. The SMILES string of the molecule is CCCc1ccc(-c2ccc(N(c3ccc(-c4c(C)cc(C)cc4C)cc3)c3ccc(-c4cc(C)c(C)cc4C)c(C)c3)cc2C)cc1.CCCc1ccc(-c2ccc(N(c3ccc(-c4c(C)cc(C)cc4C)cc3)c3ccc(C)c(C)c3)cc2C)cc1. The average molecular weight is 1150 g/mol. The monoisotopic (exact) mass is 1150 g/mol. The van der Waals surface area contributed by atoms with Crippen molar-refractivity contribution in [2.75, 3.05) is 9.80 Å². The Kier molecular flexibility index (Phi) is 19.0. The van der Waals surface area contributed by atoms with Gasteiger partial charge in [0, 0.05) is 34.1 Å². The van der Waals surface area contributed by atoms with Crippen LogP contribution < -0.4 is 9.80 Å². The molecule has 0 bridgehead atoms. The van der Waals surface area contributed by atoms with Crippen LogP contribution in [0.15, 0.2) is 206 Å². The Hall–Kier alpha value is -8.98. The fraction of sp³-hybridized carbons (Fsp3) is 0.233. The first kappa shape index (κ1) is 62.1. The van der Waals surface area contributed by atoms with Gasteiger partial charge in [0.15, 0.2) is 0 Å². The van der Waals surface area contributed by atoms with Gasteiger partial charge in [-0.15, -0.1) is 0 Å². The lowest BCUT2D eigenvalue weighted by Crippen LogP contribution is -2.11. The molecule has 0 atom stereocenters. The number of hydrogen-bond acceptors (Lipinski definition) is 2. The Morgan fingerprint density at radius 1 is 0.216 bits per heavy atom. The van der Waals surface area contributed by atoms with Crippen molar-refractivity contribution in [3.05, 3.63) is 295 Å². The minimum Gasteiger partial charge on any atom is -0.310 e. The van der Waals surface area contributed by atoms with E-state index in [-0.39, 0.29) is 0 Å². The van der Waals surface area contributed by atoms with Gasteiger partial charge in [-0.25, -0.2) is 0 Å². The highest BCUT2D eigenvalue weighted by Crippen LogP contribution is 2.43. The maximum atomic E-state index is 2.41. The van der Waals surface area contributed by atoms with E-state index < -0.39 is 0 Å². The lowest BCUT2D eigenvalue weighted by Gasteiger charge is -2.28. The van der Waals surface area contributed by atoms with E-state index in [0.29, 0.717) is 0 Å². The molecule has 0 aliphatic heterocycles. The van der Waals surface area contributed by atoms with Crippen molar-refractivity contribution < 1.29 is 0 Å². The number of aryl methyl sites for hydroxylation is 16. The van der Waals surface area contributed by atoms with E-state index in [0.717, 1.165) is 35.6 Å². The molecule has 0 saturated heterocycles. The molecule has 2 heteroatoms. The summed E-state index contributed by atoms with van der Waals surface area (Å²) >= 11 is 0. The topological polar surface area (TPSA) is 6.48 Å². The molecular formula is C86H90N2. The Morgan fingerprint density at radius 3 is 0.864 bits per heavy atom. The molecule has 0 heterocycles. The first-order chi connectivity index (χ1) is 42.3. The van der Waals surface area contributed by atoms with Gasteiger partial charge in [-0.3, -0.25) is 0 Å². The van der Waals surface area contributed by atoms with Crippen LogP contribution in [0.2, 0.25) is 0 Å². The number of benzene rings is 11. The summed E-state index contributed by atoms with van der Waals surface area (Å²) in [7, 11) is 0. The van der Waals surface area contributed by atoms with Crippen molar-refractivity contribution in [1.29, 1.82) is 0 Å². The fourth-order valence-corrected chi connectivity index (χ4v) is 13.4. The summed E-state index contributed by atoms with van der Waals surface area (Å²) in [5, 5.41) is 0. The molecule has 0 aliphatic rings. The van der Waals surface area contributed by atoms with Crippen LogP contribution in [0, 0.1) is 96.9 Å². The first-order valence-corrected chi connectivity index (χ1v) is 31.9. The minimum absolute atomic E-state index is 1.12. The molecule has 0 amide bonds. The molecule has 444 valence electrons. The van der Waals surface area contributed by atoms with Crippen LogP contribution in [-0.4, -0.2) is 0 Å². The molecule has 11 rings (SSSR count). The van der Waals surface area contributed by atoms with Gasteiger partial charge in [-0.2, -0.15) is 0 Å². The summed E-state index contributed by atoms with van der Waals surface area (Å²) in [6.45, 7) is 35.4. The summed E-state index contributed by atoms with van der Waals surface area (Å²) in [6, 6.07) is 77.6. The lowest BCUT2D eigenvalue weighted by molar-refractivity contribution is 0.922. The summed E-state index contributed by atoms with van der Waals surface area (Å²) < 4.78 is 0.